The number of amides is 1. The van der Waals surface area contributed by atoms with Crippen molar-refractivity contribution in [3.8, 4) is 6.07 Å². The third-order valence-electron chi connectivity index (χ3n) is 4.30. The number of carbonyl (C=O) groups excluding carboxylic acids is 1. The molecule has 118 valence electrons. The van der Waals surface area contributed by atoms with Gasteiger partial charge in [-0.05, 0) is 43.0 Å². The summed E-state index contributed by atoms with van der Waals surface area (Å²) < 4.78 is 5.80. The molecule has 0 bridgehead atoms. The van der Waals surface area contributed by atoms with Crippen LogP contribution in [-0.4, -0.2) is 5.91 Å². The topological polar surface area (TPSA) is 66.0 Å². The second kappa shape index (κ2) is 5.58. The van der Waals surface area contributed by atoms with E-state index < -0.39 is 0 Å². The van der Waals surface area contributed by atoms with Gasteiger partial charge in [-0.3, -0.25) is 4.79 Å². The lowest BCUT2D eigenvalue weighted by Crippen LogP contribution is -2.36. The number of fused-ring (bicyclic) bond motifs is 1. The Bertz CT molecular complexity index is 796. The molecule has 1 unspecified atom stereocenters. The van der Waals surface area contributed by atoms with Crippen LogP contribution in [0.3, 0.4) is 0 Å². The zero-order valence-electron chi connectivity index (χ0n) is 13.6. The summed E-state index contributed by atoms with van der Waals surface area (Å²) in [4.78, 5) is 12.6. The zero-order valence-corrected chi connectivity index (χ0v) is 13.6. The first-order chi connectivity index (χ1) is 10.9. The molecule has 1 aliphatic carbocycles. The van der Waals surface area contributed by atoms with Gasteiger partial charge >= 0.3 is 0 Å². The van der Waals surface area contributed by atoms with Crippen LogP contribution in [0, 0.1) is 23.7 Å². The minimum atomic E-state index is -0.158. The molecular weight excluding hydrogens is 288 g/mol. The van der Waals surface area contributed by atoms with Gasteiger partial charge in [-0.2, -0.15) is 5.26 Å². The third-order valence-corrected chi connectivity index (χ3v) is 4.30. The van der Waals surface area contributed by atoms with Gasteiger partial charge < -0.3 is 9.73 Å². The van der Waals surface area contributed by atoms with Crippen molar-refractivity contribution in [2.24, 2.45) is 5.41 Å². The maximum Gasteiger partial charge on any atom is 0.251 e. The average Bonchev–Trinajstić information content (AvgIpc) is 2.86. The van der Waals surface area contributed by atoms with E-state index in [0.29, 0.717) is 11.1 Å². The molecule has 1 N–H and O–H groups in total. The van der Waals surface area contributed by atoms with Crippen LogP contribution < -0.4 is 5.32 Å². The summed E-state index contributed by atoms with van der Waals surface area (Å²) in [6, 6.07) is 10.8. The number of nitrogens with one attached hydrogen (secondary N) is 1. The molecule has 1 atom stereocenters. The molecule has 0 radical (unpaired) electrons. The van der Waals surface area contributed by atoms with Gasteiger partial charge in [-0.1, -0.05) is 19.9 Å². The first-order valence-electron chi connectivity index (χ1n) is 7.78. The summed E-state index contributed by atoms with van der Waals surface area (Å²) in [5.74, 6) is 1.68. The minimum Gasteiger partial charge on any atom is -0.466 e. The summed E-state index contributed by atoms with van der Waals surface area (Å²) >= 11 is 0. The number of hydrogen-bond acceptors (Lipinski definition) is 3. The molecule has 1 amide bonds. The quantitative estimate of drug-likeness (QED) is 0.915. The molecule has 0 saturated carbocycles. The van der Waals surface area contributed by atoms with E-state index in [9.17, 15) is 4.79 Å². The summed E-state index contributed by atoms with van der Waals surface area (Å²) in [6.45, 7) is 6.30. The van der Waals surface area contributed by atoms with Gasteiger partial charge in [0.2, 0.25) is 0 Å². The average molecular weight is 308 g/mol. The number of rotatable bonds is 2. The zero-order chi connectivity index (χ0) is 16.6. The van der Waals surface area contributed by atoms with Crippen LogP contribution in [-0.2, 0) is 6.42 Å². The minimum absolute atomic E-state index is 0.0653. The van der Waals surface area contributed by atoms with Crippen molar-refractivity contribution in [3.05, 3.63) is 58.5 Å². The van der Waals surface area contributed by atoms with Gasteiger partial charge in [0.1, 0.15) is 11.5 Å². The van der Waals surface area contributed by atoms with Crippen molar-refractivity contribution in [1.82, 2.24) is 5.32 Å². The van der Waals surface area contributed by atoms with Crippen molar-refractivity contribution >= 4 is 5.91 Å². The first-order valence-corrected chi connectivity index (χ1v) is 7.78. The van der Waals surface area contributed by atoms with Crippen molar-refractivity contribution in [2.75, 3.05) is 0 Å². The van der Waals surface area contributed by atoms with E-state index in [1.54, 1.807) is 24.3 Å². The lowest BCUT2D eigenvalue weighted by Gasteiger charge is -2.34. The highest BCUT2D eigenvalue weighted by Crippen LogP contribution is 2.42. The van der Waals surface area contributed by atoms with E-state index in [0.717, 1.165) is 29.9 Å². The fourth-order valence-corrected chi connectivity index (χ4v) is 3.28. The summed E-state index contributed by atoms with van der Waals surface area (Å²) in [6.07, 6.45) is 1.75. The van der Waals surface area contributed by atoms with E-state index >= 15 is 0 Å². The van der Waals surface area contributed by atoms with Crippen molar-refractivity contribution in [3.63, 3.8) is 0 Å². The summed E-state index contributed by atoms with van der Waals surface area (Å²) in [5.41, 5.74) is 2.14. The molecule has 23 heavy (non-hydrogen) atoms. The van der Waals surface area contributed by atoms with E-state index in [1.807, 2.05) is 13.0 Å². The Labute approximate surface area is 136 Å². The molecule has 1 heterocycles. The maximum absolute atomic E-state index is 12.6. The summed E-state index contributed by atoms with van der Waals surface area (Å²) in [5, 5.41) is 12.1. The van der Waals surface area contributed by atoms with E-state index in [-0.39, 0.29) is 17.4 Å². The molecule has 3 rings (SSSR count). The van der Waals surface area contributed by atoms with Gasteiger partial charge in [-0.25, -0.2) is 0 Å². The second-order valence-electron chi connectivity index (χ2n) is 7.00. The molecule has 4 nitrogen and oxygen atoms in total. The Morgan fingerprint density at radius 2 is 2.17 bits per heavy atom. The molecule has 1 aromatic carbocycles. The van der Waals surface area contributed by atoms with Gasteiger partial charge in [0.05, 0.1) is 17.7 Å². The lowest BCUT2D eigenvalue weighted by molar-refractivity contribution is 0.0917. The SMILES string of the molecule is Cc1cc2c(o1)CC(C)(C)CC2NC(=O)c1cccc(C#N)c1. The van der Waals surface area contributed by atoms with Crippen LogP contribution in [0.5, 0.6) is 0 Å². The Morgan fingerprint density at radius 3 is 2.91 bits per heavy atom. The van der Waals surface area contributed by atoms with Gasteiger partial charge in [0, 0.05) is 17.5 Å². The Balaban J connectivity index is 1.87. The van der Waals surface area contributed by atoms with Crippen LogP contribution in [0.15, 0.2) is 34.7 Å². The third kappa shape index (κ3) is 3.14. The van der Waals surface area contributed by atoms with Crippen LogP contribution >= 0.6 is 0 Å². The van der Waals surface area contributed by atoms with Crippen LogP contribution in [0.4, 0.5) is 0 Å². The molecule has 1 aliphatic rings. The van der Waals surface area contributed by atoms with Gasteiger partial charge in [0.25, 0.3) is 5.91 Å². The Hall–Kier alpha value is -2.54. The van der Waals surface area contributed by atoms with E-state index in [2.05, 4.69) is 25.2 Å². The highest BCUT2D eigenvalue weighted by atomic mass is 16.3. The molecule has 4 heteroatoms. The maximum atomic E-state index is 12.6. The molecule has 0 aliphatic heterocycles. The number of nitrogens with zero attached hydrogens (tertiary/aromatic N) is 1. The van der Waals surface area contributed by atoms with Crippen LogP contribution in [0.2, 0.25) is 0 Å². The predicted octanol–water partition coefficient (Wildman–Crippen LogP) is 3.90. The monoisotopic (exact) mass is 308 g/mol. The molecule has 0 saturated heterocycles. The number of benzene rings is 1. The molecular formula is C19H20N2O2. The standard InChI is InChI=1S/C19H20N2O2/c1-12-7-15-16(9-19(2,3)10-17(15)23-12)21-18(22)14-6-4-5-13(8-14)11-20/h4-8,16H,9-10H2,1-3H3,(H,21,22). The summed E-state index contributed by atoms with van der Waals surface area (Å²) in [7, 11) is 0. The van der Waals surface area contributed by atoms with Crippen molar-refractivity contribution in [2.45, 2.75) is 39.7 Å². The highest BCUT2D eigenvalue weighted by molar-refractivity contribution is 5.94. The molecule has 2 aromatic rings. The smallest absolute Gasteiger partial charge is 0.251 e. The number of carbonyl (C=O) groups is 1. The van der Waals surface area contributed by atoms with Crippen molar-refractivity contribution in [1.29, 1.82) is 5.26 Å². The van der Waals surface area contributed by atoms with Gasteiger partial charge in [-0.15, -0.1) is 0 Å². The van der Waals surface area contributed by atoms with Crippen LogP contribution in [0.25, 0.3) is 0 Å². The molecule has 0 fully saturated rings. The predicted molar refractivity (Wildman–Crippen MR) is 86.9 cm³/mol. The van der Waals surface area contributed by atoms with Crippen LogP contribution in [0.1, 0.15) is 59.3 Å². The van der Waals surface area contributed by atoms with Gasteiger partial charge in [0.15, 0.2) is 0 Å². The normalized spacial score (nSPS) is 18.8. The Kier molecular flexibility index (Phi) is 3.73. The first kappa shape index (κ1) is 15.4. The number of aryl methyl sites for hydroxylation is 1. The number of nitriles is 1. The van der Waals surface area contributed by atoms with E-state index in [4.69, 9.17) is 9.68 Å². The second-order valence-corrected chi connectivity index (χ2v) is 7.00. The lowest BCUT2D eigenvalue weighted by atomic mass is 9.74. The fraction of sp³-hybridized carbons (Fsp3) is 0.368. The van der Waals surface area contributed by atoms with Crippen molar-refractivity contribution < 1.29 is 9.21 Å². The Morgan fingerprint density at radius 1 is 1.39 bits per heavy atom. The van der Waals surface area contributed by atoms with E-state index in [1.165, 1.54) is 0 Å². The number of hydrogen-bond donors (Lipinski definition) is 1. The fourth-order valence-electron chi connectivity index (χ4n) is 3.28. The molecule has 0 spiro atoms. The molecule has 1 aromatic heterocycles. The largest absolute Gasteiger partial charge is 0.466 e. The number of furan rings is 1. The highest BCUT2D eigenvalue weighted by Gasteiger charge is 2.35.